The van der Waals surface area contributed by atoms with E-state index in [1.807, 2.05) is 12.1 Å². The van der Waals surface area contributed by atoms with Gasteiger partial charge in [-0.05, 0) is 54.8 Å². The van der Waals surface area contributed by atoms with Crippen molar-refractivity contribution in [2.24, 2.45) is 0 Å². The van der Waals surface area contributed by atoms with Gasteiger partial charge in [0.05, 0.1) is 25.4 Å². The van der Waals surface area contributed by atoms with Crippen molar-refractivity contribution in [3.8, 4) is 5.75 Å². The fourth-order valence-electron chi connectivity index (χ4n) is 6.93. The number of hydroxylamine groups is 1. The van der Waals surface area contributed by atoms with Crippen molar-refractivity contribution >= 4 is 28.8 Å². The highest BCUT2D eigenvalue weighted by Gasteiger charge is 2.31. The number of ketones is 1. The van der Waals surface area contributed by atoms with Crippen LogP contribution in [0.25, 0.3) is 0 Å². The van der Waals surface area contributed by atoms with Crippen LogP contribution in [0.2, 0.25) is 0 Å². The minimum absolute atomic E-state index is 0.0682. The summed E-state index contributed by atoms with van der Waals surface area (Å²) in [6.45, 7) is 13.7. The van der Waals surface area contributed by atoms with Gasteiger partial charge in [-0.3, -0.25) is 14.5 Å². The van der Waals surface area contributed by atoms with Gasteiger partial charge in [0.15, 0.2) is 11.6 Å². The zero-order chi connectivity index (χ0) is 32.9. The van der Waals surface area contributed by atoms with Crippen molar-refractivity contribution in [1.29, 1.82) is 0 Å². The number of hydrogen-bond donors (Lipinski definition) is 1. The van der Waals surface area contributed by atoms with Gasteiger partial charge in [-0.25, -0.2) is 23.8 Å². The minimum atomic E-state index is -0.645. The summed E-state index contributed by atoms with van der Waals surface area (Å²) in [6.07, 6.45) is 5.63. The molecule has 1 N–H and O–H groups in total. The highest BCUT2D eigenvalue weighted by atomic mass is 19.1. The molecule has 3 aromatic rings. The number of allylic oxidation sites excluding steroid dienone is 1. The maximum atomic E-state index is 14.0. The molecule has 1 atom stereocenters. The van der Waals surface area contributed by atoms with E-state index in [9.17, 15) is 13.6 Å². The number of rotatable bonds is 11. The van der Waals surface area contributed by atoms with Crippen LogP contribution in [0.3, 0.4) is 0 Å². The van der Waals surface area contributed by atoms with Crippen LogP contribution in [0, 0.1) is 11.6 Å². The largest absolute Gasteiger partial charge is 0.494 e. The van der Waals surface area contributed by atoms with Gasteiger partial charge in [0.2, 0.25) is 0 Å². The van der Waals surface area contributed by atoms with E-state index < -0.39 is 17.7 Å². The van der Waals surface area contributed by atoms with Crippen LogP contribution in [0.4, 0.5) is 31.8 Å². The lowest BCUT2D eigenvalue weighted by molar-refractivity contribution is -0.114. The maximum Gasteiger partial charge on any atom is 0.159 e. The van der Waals surface area contributed by atoms with Crippen LogP contribution in [-0.2, 0) is 16.1 Å². The Bertz CT molecular complexity index is 1550. The molecule has 3 aliphatic rings. The Morgan fingerprint density at radius 2 is 1.77 bits per heavy atom. The first-order valence-electron chi connectivity index (χ1n) is 16.4. The summed E-state index contributed by atoms with van der Waals surface area (Å²) < 4.78 is 33.9. The second-order valence-electron chi connectivity index (χ2n) is 12.3. The van der Waals surface area contributed by atoms with Crippen molar-refractivity contribution in [3.05, 3.63) is 78.1 Å². The highest BCUT2D eigenvalue weighted by Crippen LogP contribution is 2.39. The topological polar surface area (TPSA) is 86.3 Å². The number of nitrogens with one attached hydrogen (secondary N) is 1. The first-order valence-corrected chi connectivity index (χ1v) is 16.4. The molecule has 1 aromatic heterocycles. The Morgan fingerprint density at radius 1 is 1.02 bits per heavy atom. The number of piperidine rings is 1. The molecule has 2 aromatic carbocycles. The van der Waals surface area contributed by atoms with Crippen LogP contribution in [0.1, 0.15) is 43.4 Å². The molecule has 0 bridgehead atoms. The highest BCUT2D eigenvalue weighted by molar-refractivity contribution is 5.92. The Hall–Kier alpha value is -4.13. The molecule has 47 heavy (non-hydrogen) atoms. The third kappa shape index (κ3) is 7.55. The molecule has 0 unspecified atom stereocenters. The van der Waals surface area contributed by atoms with Crippen molar-refractivity contribution in [2.75, 3.05) is 74.8 Å². The summed E-state index contributed by atoms with van der Waals surface area (Å²) in [4.78, 5) is 34.8. The summed E-state index contributed by atoms with van der Waals surface area (Å²) in [5.41, 5.74) is 2.96. The van der Waals surface area contributed by atoms with Gasteiger partial charge in [-0.1, -0.05) is 13.5 Å². The van der Waals surface area contributed by atoms with Crippen molar-refractivity contribution in [1.82, 2.24) is 19.8 Å². The molecular formula is C35H43F2N7O3. The molecule has 0 aliphatic carbocycles. The number of carbonyl (C=O) groups excluding carboxylic acids is 1. The smallest absolute Gasteiger partial charge is 0.159 e. The Morgan fingerprint density at radius 3 is 2.45 bits per heavy atom. The SMILES string of the molecule is C=CC(=O)Cc1cc(Nc2cc(N3OCC[C@@H]3c3cc(F)cc(F)c3)ncn2)c(OC)cc1N1CCC(N2CCN(CC)CC2)CC1. The molecule has 3 fully saturated rings. The Kier molecular flexibility index (Phi) is 10.3. The van der Waals surface area contributed by atoms with E-state index in [2.05, 4.69) is 43.5 Å². The maximum absolute atomic E-state index is 14.0. The first-order chi connectivity index (χ1) is 22.8. The number of benzene rings is 2. The lowest BCUT2D eigenvalue weighted by atomic mass is 9.98. The molecule has 12 heteroatoms. The van der Waals surface area contributed by atoms with Gasteiger partial charge >= 0.3 is 0 Å². The zero-order valence-electron chi connectivity index (χ0n) is 27.1. The number of methoxy groups -OCH3 is 1. The van der Waals surface area contributed by atoms with Crippen molar-refractivity contribution < 1.29 is 23.1 Å². The number of piperazine rings is 1. The molecule has 3 aliphatic heterocycles. The Labute approximate surface area is 274 Å². The molecule has 0 radical (unpaired) electrons. The van der Waals surface area contributed by atoms with Crippen LogP contribution in [0.15, 0.2) is 55.4 Å². The molecule has 3 saturated heterocycles. The first kappa shape index (κ1) is 32.8. The molecule has 0 spiro atoms. The molecule has 4 heterocycles. The number of ether oxygens (including phenoxy) is 1. The summed E-state index contributed by atoms with van der Waals surface area (Å²) >= 11 is 0. The molecule has 6 rings (SSSR count). The van der Waals surface area contributed by atoms with E-state index >= 15 is 0 Å². The summed E-state index contributed by atoms with van der Waals surface area (Å²) in [5, 5.41) is 4.89. The molecular weight excluding hydrogens is 604 g/mol. The number of hydrogen-bond acceptors (Lipinski definition) is 10. The second kappa shape index (κ2) is 14.7. The van der Waals surface area contributed by atoms with Gasteiger partial charge in [-0.15, -0.1) is 0 Å². The number of aromatic nitrogens is 2. The molecule has 10 nitrogen and oxygen atoms in total. The van der Waals surface area contributed by atoms with E-state index in [1.54, 1.807) is 18.2 Å². The van der Waals surface area contributed by atoms with Crippen molar-refractivity contribution in [3.63, 3.8) is 0 Å². The van der Waals surface area contributed by atoms with E-state index in [0.717, 1.165) is 76.0 Å². The fourth-order valence-corrected chi connectivity index (χ4v) is 6.93. The minimum Gasteiger partial charge on any atom is -0.494 e. The summed E-state index contributed by atoms with van der Waals surface area (Å²) in [6, 6.07) is 9.27. The van der Waals surface area contributed by atoms with E-state index in [-0.39, 0.29) is 12.2 Å². The molecule has 250 valence electrons. The summed E-state index contributed by atoms with van der Waals surface area (Å²) in [7, 11) is 1.62. The third-order valence-electron chi connectivity index (χ3n) is 9.48. The zero-order valence-corrected chi connectivity index (χ0v) is 27.1. The third-order valence-corrected chi connectivity index (χ3v) is 9.48. The quantitative estimate of drug-likeness (QED) is 0.277. The van der Waals surface area contributed by atoms with Crippen LogP contribution in [-0.4, -0.2) is 91.1 Å². The van der Waals surface area contributed by atoms with Gasteiger partial charge < -0.3 is 19.9 Å². The van der Waals surface area contributed by atoms with Gasteiger partial charge in [0.25, 0.3) is 0 Å². The predicted octanol–water partition coefficient (Wildman–Crippen LogP) is 5.29. The average molecular weight is 648 g/mol. The second-order valence-corrected chi connectivity index (χ2v) is 12.3. The molecule has 0 saturated carbocycles. The van der Waals surface area contributed by atoms with Gasteiger partial charge in [-0.2, -0.15) is 0 Å². The van der Waals surface area contributed by atoms with Crippen molar-refractivity contribution in [2.45, 2.75) is 44.7 Å². The number of halogens is 2. The summed E-state index contributed by atoms with van der Waals surface area (Å²) in [5.74, 6) is 0.151. The van der Waals surface area contributed by atoms with E-state index in [4.69, 9.17) is 9.57 Å². The number of anilines is 4. The number of likely N-dealkylation sites (N-methyl/N-ethyl adjacent to an activating group) is 1. The fraction of sp³-hybridized carbons (Fsp3) is 0.457. The van der Waals surface area contributed by atoms with Crippen LogP contribution in [0.5, 0.6) is 5.75 Å². The Balaban J connectivity index is 1.21. The lowest BCUT2D eigenvalue weighted by Crippen LogP contribution is -2.53. The van der Waals surface area contributed by atoms with E-state index in [0.29, 0.717) is 47.7 Å². The number of carbonyl (C=O) groups is 1. The standard InChI is InChI=1S/C35H43F2N7O3/c1-4-29(45)18-25-19-30(33(46-3)21-32(25)43-9-6-28(7-10-43)42-13-11-41(5-2)12-14-42)40-34-22-35(39-23-38-34)44-31(8-15-47-44)24-16-26(36)20-27(37)17-24/h4,16-17,19-23,28,31H,1,5-15,18H2,2-3H3,(H,38,39,40)/t31-/m1/s1. The molecule has 0 amide bonds. The number of nitrogens with zero attached hydrogens (tertiary/aromatic N) is 6. The van der Waals surface area contributed by atoms with E-state index in [1.165, 1.54) is 24.5 Å². The average Bonchev–Trinajstić information content (AvgIpc) is 3.59. The van der Waals surface area contributed by atoms with Crippen LogP contribution < -0.4 is 20.0 Å². The monoisotopic (exact) mass is 647 g/mol. The van der Waals surface area contributed by atoms with Crippen LogP contribution >= 0.6 is 0 Å². The predicted molar refractivity (Wildman–Crippen MR) is 178 cm³/mol. The normalized spacial score (nSPS) is 19.6. The van der Waals surface area contributed by atoms with Gasteiger partial charge in [0, 0.05) is 82.0 Å². The van der Waals surface area contributed by atoms with Gasteiger partial charge in [0.1, 0.15) is 29.5 Å². The lowest BCUT2D eigenvalue weighted by Gasteiger charge is -2.43.